The van der Waals surface area contributed by atoms with Crippen LogP contribution in [0.3, 0.4) is 0 Å². The fraction of sp³-hybridized carbons (Fsp3) is 0.455. The van der Waals surface area contributed by atoms with Gasteiger partial charge in [-0.1, -0.05) is 12.1 Å². The van der Waals surface area contributed by atoms with Crippen LogP contribution < -0.4 is 4.74 Å². The SMILES string of the molecule is COc1ccc(CSC(CO)CCl)cc1. The Morgan fingerprint density at radius 1 is 1.40 bits per heavy atom. The van der Waals surface area contributed by atoms with Gasteiger partial charge in [-0.15, -0.1) is 11.6 Å². The summed E-state index contributed by atoms with van der Waals surface area (Å²) in [5, 5.41) is 9.08. The Labute approximate surface area is 99.6 Å². The van der Waals surface area contributed by atoms with Gasteiger partial charge in [-0.2, -0.15) is 11.8 Å². The molecule has 0 radical (unpaired) electrons. The normalized spacial score (nSPS) is 12.5. The number of hydrogen-bond acceptors (Lipinski definition) is 3. The van der Waals surface area contributed by atoms with Gasteiger partial charge in [0.05, 0.1) is 13.7 Å². The molecule has 0 aliphatic carbocycles. The van der Waals surface area contributed by atoms with E-state index in [2.05, 4.69) is 0 Å². The fourth-order valence-electron chi connectivity index (χ4n) is 1.08. The molecule has 2 nitrogen and oxygen atoms in total. The third-order valence-corrected chi connectivity index (χ3v) is 3.86. The van der Waals surface area contributed by atoms with Crippen molar-refractivity contribution in [2.75, 3.05) is 19.6 Å². The molecule has 15 heavy (non-hydrogen) atoms. The van der Waals surface area contributed by atoms with Crippen molar-refractivity contribution in [2.24, 2.45) is 0 Å². The molecule has 0 aliphatic rings. The summed E-state index contributed by atoms with van der Waals surface area (Å²) in [5.74, 6) is 2.21. The molecule has 0 saturated heterocycles. The molecule has 0 spiro atoms. The summed E-state index contributed by atoms with van der Waals surface area (Å²) in [5.41, 5.74) is 1.21. The minimum atomic E-state index is 0.119. The summed E-state index contributed by atoms with van der Waals surface area (Å²) in [6, 6.07) is 7.91. The first-order chi connectivity index (χ1) is 7.30. The van der Waals surface area contributed by atoms with Crippen molar-refractivity contribution in [3.8, 4) is 5.75 Å². The number of alkyl halides is 1. The molecular formula is C11H15ClO2S. The van der Waals surface area contributed by atoms with Crippen LogP contribution in [0.2, 0.25) is 0 Å². The van der Waals surface area contributed by atoms with E-state index in [1.54, 1.807) is 18.9 Å². The molecule has 0 bridgehead atoms. The Morgan fingerprint density at radius 2 is 2.07 bits per heavy atom. The fourth-order valence-corrected chi connectivity index (χ4v) is 2.26. The van der Waals surface area contributed by atoms with Crippen molar-refractivity contribution in [1.29, 1.82) is 0 Å². The molecular weight excluding hydrogens is 232 g/mol. The first-order valence-corrected chi connectivity index (χ1v) is 6.29. The number of ether oxygens (including phenoxy) is 1. The van der Waals surface area contributed by atoms with Crippen LogP contribution in [-0.4, -0.2) is 30.0 Å². The van der Waals surface area contributed by atoms with Gasteiger partial charge in [0.2, 0.25) is 0 Å². The van der Waals surface area contributed by atoms with Gasteiger partial charge in [0, 0.05) is 16.9 Å². The molecule has 1 aromatic rings. The maximum atomic E-state index is 8.96. The lowest BCUT2D eigenvalue weighted by molar-refractivity contribution is 0.301. The van der Waals surface area contributed by atoms with Gasteiger partial charge in [0.1, 0.15) is 5.75 Å². The molecule has 1 N–H and O–H groups in total. The Hall–Kier alpha value is -0.380. The van der Waals surface area contributed by atoms with Crippen molar-refractivity contribution < 1.29 is 9.84 Å². The van der Waals surface area contributed by atoms with Crippen LogP contribution >= 0.6 is 23.4 Å². The molecule has 1 rings (SSSR count). The average molecular weight is 247 g/mol. The van der Waals surface area contributed by atoms with E-state index in [4.69, 9.17) is 21.4 Å². The second-order valence-corrected chi connectivity index (χ2v) is 4.72. The number of hydrogen-bond donors (Lipinski definition) is 1. The molecule has 0 aliphatic heterocycles. The molecule has 1 aromatic carbocycles. The van der Waals surface area contributed by atoms with Crippen molar-refractivity contribution >= 4 is 23.4 Å². The first kappa shape index (κ1) is 12.7. The van der Waals surface area contributed by atoms with Gasteiger partial charge in [-0.05, 0) is 17.7 Å². The molecule has 0 fully saturated rings. The lowest BCUT2D eigenvalue weighted by Gasteiger charge is -2.10. The van der Waals surface area contributed by atoms with E-state index in [1.807, 2.05) is 24.3 Å². The van der Waals surface area contributed by atoms with Gasteiger partial charge in [0.25, 0.3) is 0 Å². The summed E-state index contributed by atoms with van der Waals surface area (Å²) < 4.78 is 5.07. The Kier molecular flexibility index (Phi) is 5.91. The average Bonchev–Trinajstić information content (AvgIpc) is 2.31. The summed E-state index contributed by atoms with van der Waals surface area (Å²) >= 11 is 7.35. The van der Waals surface area contributed by atoms with Gasteiger partial charge in [-0.3, -0.25) is 0 Å². The Balaban J connectivity index is 2.43. The van der Waals surface area contributed by atoms with Gasteiger partial charge >= 0.3 is 0 Å². The van der Waals surface area contributed by atoms with Gasteiger partial charge in [-0.25, -0.2) is 0 Å². The highest BCUT2D eigenvalue weighted by Gasteiger charge is 2.06. The van der Waals surface area contributed by atoms with Crippen LogP contribution in [0.25, 0.3) is 0 Å². The lowest BCUT2D eigenvalue weighted by atomic mass is 10.2. The summed E-state index contributed by atoms with van der Waals surface area (Å²) in [4.78, 5) is 0. The minimum Gasteiger partial charge on any atom is -0.497 e. The molecule has 0 amide bonds. The van der Waals surface area contributed by atoms with Crippen LogP contribution in [0.1, 0.15) is 5.56 Å². The highest BCUT2D eigenvalue weighted by Crippen LogP contribution is 2.20. The van der Waals surface area contributed by atoms with Gasteiger partial charge < -0.3 is 9.84 Å². The molecule has 1 atom stereocenters. The van der Waals surface area contributed by atoms with E-state index in [0.29, 0.717) is 5.88 Å². The Bertz CT molecular complexity index is 272. The zero-order valence-corrected chi connectivity index (χ0v) is 10.2. The molecule has 4 heteroatoms. The predicted molar refractivity (Wildman–Crippen MR) is 65.9 cm³/mol. The van der Waals surface area contributed by atoms with Crippen LogP contribution in [0, 0.1) is 0 Å². The Morgan fingerprint density at radius 3 is 2.53 bits per heavy atom. The summed E-state index contributed by atoms with van der Waals surface area (Å²) in [7, 11) is 1.65. The van der Waals surface area contributed by atoms with E-state index in [1.165, 1.54) is 5.56 Å². The number of rotatable bonds is 6. The smallest absolute Gasteiger partial charge is 0.118 e. The number of aliphatic hydroxyl groups is 1. The van der Waals surface area contributed by atoms with Crippen LogP contribution in [0.5, 0.6) is 5.75 Å². The molecule has 0 aromatic heterocycles. The van der Waals surface area contributed by atoms with E-state index in [9.17, 15) is 0 Å². The van der Waals surface area contributed by atoms with Crippen LogP contribution in [-0.2, 0) is 5.75 Å². The van der Waals surface area contributed by atoms with Crippen molar-refractivity contribution in [2.45, 2.75) is 11.0 Å². The second-order valence-electron chi connectivity index (χ2n) is 3.12. The summed E-state index contributed by atoms with van der Waals surface area (Å²) in [6.45, 7) is 0.129. The van der Waals surface area contributed by atoms with E-state index >= 15 is 0 Å². The van der Waals surface area contributed by atoms with E-state index < -0.39 is 0 Å². The third kappa shape index (κ3) is 4.33. The van der Waals surface area contributed by atoms with E-state index in [-0.39, 0.29) is 11.9 Å². The number of benzene rings is 1. The standard InChI is InChI=1S/C11H15ClO2S/c1-14-10-4-2-9(3-5-10)8-15-11(6-12)7-13/h2-5,11,13H,6-8H2,1H3. The van der Waals surface area contributed by atoms with Gasteiger partial charge in [0.15, 0.2) is 0 Å². The molecule has 0 saturated carbocycles. The highest BCUT2D eigenvalue weighted by atomic mass is 35.5. The zero-order valence-electron chi connectivity index (χ0n) is 8.65. The topological polar surface area (TPSA) is 29.5 Å². The third-order valence-electron chi connectivity index (χ3n) is 2.02. The quantitative estimate of drug-likeness (QED) is 0.783. The summed E-state index contributed by atoms with van der Waals surface area (Å²) in [6.07, 6.45) is 0. The number of thioether (sulfide) groups is 1. The highest BCUT2D eigenvalue weighted by molar-refractivity contribution is 7.99. The zero-order chi connectivity index (χ0) is 11.1. The number of methoxy groups -OCH3 is 1. The monoisotopic (exact) mass is 246 g/mol. The van der Waals surface area contributed by atoms with Crippen molar-refractivity contribution in [1.82, 2.24) is 0 Å². The maximum Gasteiger partial charge on any atom is 0.118 e. The van der Waals surface area contributed by atoms with Crippen LogP contribution in [0.15, 0.2) is 24.3 Å². The molecule has 84 valence electrons. The second kappa shape index (κ2) is 6.99. The predicted octanol–water partition coefficient (Wildman–Crippen LogP) is 2.53. The van der Waals surface area contributed by atoms with Crippen molar-refractivity contribution in [3.05, 3.63) is 29.8 Å². The number of aliphatic hydroxyl groups excluding tert-OH is 1. The van der Waals surface area contributed by atoms with Crippen molar-refractivity contribution in [3.63, 3.8) is 0 Å². The molecule has 0 heterocycles. The number of halogens is 1. The van der Waals surface area contributed by atoms with Crippen LogP contribution in [0.4, 0.5) is 0 Å². The lowest BCUT2D eigenvalue weighted by Crippen LogP contribution is -2.10. The minimum absolute atomic E-state index is 0.119. The molecule has 1 unspecified atom stereocenters. The largest absolute Gasteiger partial charge is 0.497 e. The first-order valence-electron chi connectivity index (χ1n) is 4.71. The maximum absolute atomic E-state index is 8.96. The van der Waals surface area contributed by atoms with E-state index in [0.717, 1.165) is 11.5 Å².